The van der Waals surface area contributed by atoms with Gasteiger partial charge in [0.25, 0.3) is 0 Å². The quantitative estimate of drug-likeness (QED) is 0.674. The highest BCUT2D eigenvalue weighted by Gasteiger charge is 2.50. The van der Waals surface area contributed by atoms with Crippen LogP contribution in [0.15, 0.2) is 30.5 Å². The number of rotatable bonds is 4. The third-order valence-electron chi connectivity index (χ3n) is 7.21. The molecule has 0 atom stereocenters. The lowest BCUT2D eigenvalue weighted by Gasteiger charge is -2.57. The first-order chi connectivity index (χ1) is 12.9. The molecular formula is C22H25F3N2. The lowest BCUT2D eigenvalue weighted by Crippen LogP contribution is -2.46. The van der Waals surface area contributed by atoms with Crippen molar-refractivity contribution in [2.75, 3.05) is 0 Å². The minimum atomic E-state index is -4.37. The summed E-state index contributed by atoms with van der Waals surface area (Å²) < 4.78 is 39.8. The Morgan fingerprint density at radius 2 is 1.63 bits per heavy atom. The van der Waals surface area contributed by atoms with Crippen molar-refractivity contribution in [3.05, 3.63) is 41.7 Å². The number of aromatic nitrogens is 2. The summed E-state index contributed by atoms with van der Waals surface area (Å²) in [6.45, 7) is 0. The second-order valence-electron chi connectivity index (χ2n) is 9.22. The summed E-state index contributed by atoms with van der Waals surface area (Å²) in [6, 6.07) is 5.66. The van der Waals surface area contributed by atoms with Crippen LogP contribution in [0.1, 0.15) is 56.2 Å². The molecule has 4 aliphatic carbocycles. The molecule has 0 saturated heterocycles. The van der Waals surface area contributed by atoms with Crippen molar-refractivity contribution >= 4 is 0 Å². The summed E-state index contributed by atoms with van der Waals surface area (Å²) in [5, 5.41) is 0. The lowest BCUT2D eigenvalue weighted by atomic mass is 9.48. The SMILES string of the molecule is FC(F)(F)c1ccccc1-c1ncc(CCC23CC4CC(CC(C4)C2)C3)[nH]1. The summed E-state index contributed by atoms with van der Waals surface area (Å²) in [5.41, 5.74) is 0.931. The molecule has 27 heavy (non-hydrogen) atoms. The van der Waals surface area contributed by atoms with Crippen molar-refractivity contribution in [1.82, 2.24) is 9.97 Å². The predicted octanol–water partition coefficient (Wildman–Crippen LogP) is 6.24. The van der Waals surface area contributed by atoms with Gasteiger partial charge >= 0.3 is 6.18 Å². The van der Waals surface area contributed by atoms with Gasteiger partial charge in [0.2, 0.25) is 0 Å². The molecule has 0 aliphatic heterocycles. The highest BCUT2D eigenvalue weighted by atomic mass is 19.4. The predicted molar refractivity (Wildman–Crippen MR) is 98.0 cm³/mol. The fraction of sp³-hybridized carbons (Fsp3) is 0.591. The maximum atomic E-state index is 13.3. The number of nitrogens with zero attached hydrogens (tertiary/aromatic N) is 1. The van der Waals surface area contributed by atoms with E-state index in [0.29, 0.717) is 11.2 Å². The number of H-pyrrole nitrogens is 1. The molecular weight excluding hydrogens is 349 g/mol. The van der Waals surface area contributed by atoms with E-state index in [1.165, 1.54) is 50.7 Å². The number of benzene rings is 1. The molecule has 1 aromatic heterocycles. The van der Waals surface area contributed by atoms with Crippen LogP contribution in [0.5, 0.6) is 0 Å². The lowest BCUT2D eigenvalue weighted by molar-refractivity contribution is -0.137. The molecule has 4 bridgehead atoms. The zero-order chi connectivity index (χ0) is 18.6. The molecule has 2 aromatic rings. The van der Waals surface area contributed by atoms with E-state index in [1.807, 2.05) is 0 Å². The van der Waals surface area contributed by atoms with Crippen LogP contribution in [0.4, 0.5) is 13.2 Å². The molecule has 5 heteroatoms. The number of alkyl halides is 3. The van der Waals surface area contributed by atoms with Crippen LogP contribution in [-0.2, 0) is 12.6 Å². The molecule has 4 saturated carbocycles. The second-order valence-corrected chi connectivity index (χ2v) is 9.22. The topological polar surface area (TPSA) is 28.7 Å². The van der Waals surface area contributed by atoms with Crippen LogP contribution in [0.2, 0.25) is 0 Å². The molecule has 1 aromatic carbocycles. The molecule has 4 fully saturated rings. The fourth-order valence-corrected chi connectivity index (χ4v) is 6.56. The van der Waals surface area contributed by atoms with Gasteiger partial charge in [-0.15, -0.1) is 0 Å². The van der Waals surface area contributed by atoms with E-state index in [4.69, 9.17) is 0 Å². The van der Waals surface area contributed by atoms with Gasteiger partial charge in [-0.05, 0) is 80.6 Å². The molecule has 1 N–H and O–H groups in total. The van der Waals surface area contributed by atoms with Crippen LogP contribution in [0.3, 0.4) is 0 Å². The van der Waals surface area contributed by atoms with Crippen molar-refractivity contribution < 1.29 is 13.2 Å². The van der Waals surface area contributed by atoms with E-state index < -0.39 is 11.7 Å². The maximum Gasteiger partial charge on any atom is 0.417 e. The Balaban J connectivity index is 1.33. The Morgan fingerprint density at radius 3 is 2.26 bits per heavy atom. The minimum Gasteiger partial charge on any atom is -0.342 e. The van der Waals surface area contributed by atoms with Gasteiger partial charge in [-0.1, -0.05) is 18.2 Å². The highest BCUT2D eigenvalue weighted by molar-refractivity contribution is 5.61. The summed E-state index contributed by atoms with van der Waals surface area (Å²) in [4.78, 5) is 7.43. The van der Waals surface area contributed by atoms with E-state index in [9.17, 15) is 13.2 Å². The van der Waals surface area contributed by atoms with E-state index in [0.717, 1.165) is 42.4 Å². The Morgan fingerprint density at radius 1 is 1.00 bits per heavy atom. The number of halogens is 3. The van der Waals surface area contributed by atoms with Crippen LogP contribution in [0.25, 0.3) is 11.4 Å². The van der Waals surface area contributed by atoms with Crippen molar-refractivity contribution in [2.24, 2.45) is 23.2 Å². The number of aromatic amines is 1. The average molecular weight is 374 g/mol. The molecule has 1 heterocycles. The summed E-state index contributed by atoms with van der Waals surface area (Å²) in [5.74, 6) is 3.09. The standard InChI is InChI=1S/C22H25F3N2/c23-22(24,25)19-4-2-1-3-18(19)20-26-13-17(27-20)5-6-21-10-14-7-15(11-21)9-16(8-14)12-21/h1-4,13-16H,5-12H2,(H,26,27). The first-order valence-electron chi connectivity index (χ1n) is 10.1. The van der Waals surface area contributed by atoms with Gasteiger partial charge in [0, 0.05) is 17.5 Å². The number of aryl methyl sites for hydroxylation is 1. The molecule has 0 unspecified atom stereocenters. The molecule has 0 amide bonds. The first-order valence-corrected chi connectivity index (χ1v) is 10.1. The maximum absolute atomic E-state index is 13.3. The Bertz CT molecular complexity index is 801. The van der Waals surface area contributed by atoms with Gasteiger partial charge in [0.1, 0.15) is 5.82 Å². The number of nitrogens with one attached hydrogen (secondary N) is 1. The first kappa shape index (κ1) is 17.3. The highest BCUT2D eigenvalue weighted by Crippen LogP contribution is 2.61. The number of hydrogen-bond acceptors (Lipinski definition) is 1. The summed E-state index contributed by atoms with van der Waals surface area (Å²) in [6.07, 6.45) is 7.74. The monoisotopic (exact) mass is 374 g/mol. The minimum absolute atomic E-state index is 0.131. The second kappa shape index (κ2) is 6.11. The Kier molecular flexibility index (Phi) is 3.92. The van der Waals surface area contributed by atoms with Crippen molar-refractivity contribution in [1.29, 1.82) is 0 Å². The number of hydrogen-bond donors (Lipinski definition) is 1. The van der Waals surface area contributed by atoms with Crippen molar-refractivity contribution in [3.8, 4) is 11.4 Å². The zero-order valence-corrected chi connectivity index (χ0v) is 15.4. The van der Waals surface area contributed by atoms with E-state index >= 15 is 0 Å². The molecule has 144 valence electrons. The van der Waals surface area contributed by atoms with Crippen LogP contribution < -0.4 is 0 Å². The summed E-state index contributed by atoms with van der Waals surface area (Å²) in [7, 11) is 0. The van der Waals surface area contributed by atoms with E-state index in [1.54, 1.807) is 12.3 Å². The third kappa shape index (κ3) is 3.19. The fourth-order valence-electron chi connectivity index (χ4n) is 6.56. The molecule has 0 spiro atoms. The van der Waals surface area contributed by atoms with Gasteiger partial charge in [0.15, 0.2) is 0 Å². The Hall–Kier alpha value is -1.78. The van der Waals surface area contributed by atoms with Gasteiger partial charge in [-0.25, -0.2) is 4.98 Å². The molecule has 4 aliphatic rings. The van der Waals surface area contributed by atoms with Gasteiger partial charge < -0.3 is 4.98 Å². The zero-order valence-electron chi connectivity index (χ0n) is 15.4. The molecule has 0 radical (unpaired) electrons. The molecule has 6 rings (SSSR count). The van der Waals surface area contributed by atoms with E-state index in [2.05, 4.69) is 9.97 Å². The largest absolute Gasteiger partial charge is 0.417 e. The molecule has 2 nitrogen and oxygen atoms in total. The van der Waals surface area contributed by atoms with Gasteiger partial charge in [-0.3, -0.25) is 0 Å². The average Bonchev–Trinajstić information content (AvgIpc) is 3.07. The van der Waals surface area contributed by atoms with Crippen LogP contribution >= 0.6 is 0 Å². The van der Waals surface area contributed by atoms with Gasteiger partial charge in [-0.2, -0.15) is 13.2 Å². The van der Waals surface area contributed by atoms with Gasteiger partial charge in [0.05, 0.1) is 5.56 Å². The van der Waals surface area contributed by atoms with E-state index in [-0.39, 0.29) is 5.56 Å². The smallest absolute Gasteiger partial charge is 0.342 e. The normalized spacial score (nSPS) is 32.2. The Labute approximate surface area is 157 Å². The van der Waals surface area contributed by atoms with Crippen molar-refractivity contribution in [3.63, 3.8) is 0 Å². The van der Waals surface area contributed by atoms with Crippen LogP contribution in [0, 0.1) is 23.2 Å². The van der Waals surface area contributed by atoms with Crippen LogP contribution in [-0.4, -0.2) is 9.97 Å². The summed E-state index contributed by atoms with van der Waals surface area (Å²) >= 11 is 0. The third-order valence-corrected chi connectivity index (χ3v) is 7.21. The van der Waals surface area contributed by atoms with Crippen molar-refractivity contribution in [2.45, 2.75) is 57.5 Å². The number of imidazole rings is 1.